The molecule has 14 heavy (non-hydrogen) atoms. The summed E-state index contributed by atoms with van der Waals surface area (Å²) in [6.07, 6.45) is 3.01. The number of amides is 1. The van der Waals surface area contributed by atoms with E-state index in [2.05, 4.69) is 5.32 Å². The molecule has 1 aliphatic rings. The zero-order valence-electron chi connectivity index (χ0n) is 8.71. The maximum absolute atomic E-state index is 11.2. The predicted molar refractivity (Wildman–Crippen MR) is 59.4 cm³/mol. The number of hydrogen-bond acceptors (Lipinski definition) is 3. The van der Waals surface area contributed by atoms with Gasteiger partial charge in [-0.25, -0.2) is 0 Å². The minimum atomic E-state index is -0.644. The van der Waals surface area contributed by atoms with E-state index in [-0.39, 0.29) is 5.91 Å². The summed E-state index contributed by atoms with van der Waals surface area (Å²) in [5.74, 6) is 2.06. The van der Waals surface area contributed by atoms with Gasteiger partial charge in [0.25, 0.3) is 0 Å². The molecule has 82 valence electrons. The van der Waals surface area contributed by atoms with Crippen molar-refractivity contribution in [2.75, 3.05) is 18.1 Å². The molecule has 1 rings (SSSR count). The van der Waals surface area contributed by atoms with Gasteiger partial charge in [-0.05, 0) is 30.8 Å². The molecule has 0 bridgehead atoms. The first-order valence-corrected chi connectivity index (χ1v) is 6.38. The van der Waals surface area contributed by atoms with Gasteiger partial charge < -0.3 is 10.4 Å². The van der Waals surface area contributed by atoms with Crippen LogP contribution in [0.15, 0.2) is 0 Å². The van der Waals surface area contributed by atoms with Crippen LogP contribution in [0, 0.1) is 0 Å². The Bertz CT molecular complexity index is 191. The Kier molecular flexibility index (Phi) is 4.75. The summed E-state index contributed by atoms with van der Waals surface area (Å²) in [7, 11) is 0. The van der Waals surface area contributed by atoms with Crippen LogP contribution in [0.1, 0.15) is 32.6 Å². The van der Waals surface area contributed by atoms with Crippen molar-refractivity contribution in [2.24, 2.45) is 0 Å². The molecular formula is C10H19NO2S. The highest BCUT2D eigenvalue weighted by Gasteiger charge is 2.29. The maximum atomic E-state index is 11.2. The van der Waals surface area contributed by atoms with Crippen LogP contribution < -0.4 is 5.32 Å². The minimum absolute atomic E-state index is 0.0548. The lowest BCUT2D eigenvalue weighted by Crippen LogP contribution is -2.45. The Balaban J connectivity index is 2.24. The maximum Gasteiger partial charge on any atom is 0.220 e. The van der Waals surface area contributed by atoms with Crippen molar-refractivity contribution in [2.45, 2.75) is 38.2 Å². The Hall–Kier alpha value is -0.220. The van der Waals surface area contributed by atoms with Crippen LogP contribution in [0.3, 0.4) is 0 Å². The molecule has 2 N–H and O–H groups in total. The summed E-state index contributed by atoms with van der Waals surface area (Å²) in [5.41, 5.74) is -0.644. The van der Waals surface area contributed by atoms with Crippen molar-refractivity contribution in [3.05, 3.63) is 0 Å². The molecule has 1 aliphatic heterocycles. The van der Waals surface area contributed by atoms with E-state index in [9.17, 15) is 9.90 Å². The molecule has 0 aromatic heterocycles. The van der Waals surface area contributed by atoms with Crippen molar-refractivity contribution in [1.82, 2.24) is 5.32 Å². The van der Waals surface area contributed by atoms with Crippen molar-refractivity contribution in [3.63, 3.8) is 0 Å². The molecule has 4 heteroatoms. The third-order valence-electron chi connectivity index (χ3n) is 2.52. The van der Waals surface area contributed by atoms with E-state index in [1.54, 1.807) is 0 Å². The van der Waals surface area contributed by atoms with Crippen molar-refractivity contribution in [1.29, 1.82) is 0 Å². The van der Waals surface area contributed by atoms with E-state index < -0.39 is 5.60 Å². The molecule has 1 fully saturated rings. The topological polar surface area (TPSA) is 49.3 Å². The van der Waals surface area contributed by atoms with Gasteiger partial charge in [0.05, 0.1) is 5.60 Å². The van der Waals surface area contributed by atoms with E-state index in [0.717, 1.165) is 30.8 Å². The zero-order chi connectivity index (χ0) is 10.4. The lowest BCUT2D eigenvalue weighted by Gasteiger charge is -2.31. The first-order chi connectivity index (χ1) is 6.66. The smallest absolute Gasteiger partial charge is 0.220 e. The third-order valence-corrected chi connectivity index (χ3v) is 3.50. The van der Waals surface area contributed by atoms with Gasteiger partial charge in [-0.3, -0.25) is 4.79 Å². The number of carbonyl (C=O) groups is 1. The average molecular weight is 217 g/mol. The van der Waals surface area contributed by atoms with E-state index in [0.29, 0.717) is 13.0 Å². The molecule has 0 aliphatic carbocycles. The monoisotopic (exact) mass is 217 g/mol. The first-order valence-electron chi connectivity index (χ1n) is 5.23. The molecule has 0 radical (unpaired) electrons. The molecule has 1 heterocycles. The second-order valence-electron chi connectivity index (χ2n) is 3.86. The van der Waals surface area contributed by atoms with Crippen LogP contribution in [0.25, 0.3) is 0 Å². The van der Waals surface area contributed by atoms with Gasteiger partial charge in [0.1, 0.15) is 0 Å². The number of thioether (sulfide) groups is 1. The Morgan fingerprint density at radius 1 is 1.50 bits per heavy atom. The number of aliphatic hydroxyl groups is 1. The molecule has 0 saturated carbocycles. The zero-order valence-corrected chi connectivity index (χ0v) is 9.53. The summed E-state index contributed by atoms with van der Waals surface area (Å²) >= 11 is 1.87. The molecule has 0 unspecified atom stereocenters. The Morgan fingerprint density at radius 2 is 2.14 bits per heavy atom. The minimum Gasteiger partial charge on any atom is -0.388 e. The van der Waals surface area contributed by atoms with Crippen LogP contribution in [0.2, 0.25) is 0 Å². The standard InChI is InChI=1S/C10H19NO2S/c1-2-3-9(12)11-8-10(13)4-6-14-7-5-10/h13H,2-8H2,1H3,(H,11,12). The quantitative estimate of drug-likeness (QED) is 0.743. The van der Waals surface area contributed by atoms with E-state index in [1.807, 2.05) is 18.7 Å². The second-order valence-corrected chi connectivity index (χ2v) is 5.09. The fourth-order valence-electron chi connectivity index (χ4n) is 1.51. The highest BCUT2D eigenvalue weighted by molar-refractivity contribution is 7.99. The van der Waals surface area contributed by atoms with Gasteiger partial charge in [0, 0.05) is 13.0 Å². The SMILES string of the molecule is CCCC(=O)NCC1(O)CCSCC1. The number of nitrogens with one attached hydrogen (secondary N) is 1. The predicted octanol–water partition coefficient (Wildman–Crippen LogP) is 1.16. The summed E-state index contributed by atoms with van der Waals surface area (Å²) < 4.78 is 0. The molecule has 0 spiro atoms. The third kappa shape index (κ3) is 3.88. The molecular weight excluding hydrogens is 198 g/mol. The molecule has 0 aromatic rings. The summed E-state index contributed by atoms with van der Waals surface area (Å²) in [6, 6.07) is 0. The van der Waals surface area contributed by atoms with E-state index in [4.69, 9.17) is 0 Å². The fraction of sp³-hybridized carbons (Fsp3) is 0.900. The van der Waals surface area contributed by atoms with Crippen LogP contribution in [-0.4, -0.2) is 34.7 Å². The van der Waals surface area contributed by atoms with Crippen molar-refractivity contribution >= 4 is 17.7 Å². The Labute approximate surface area is 89.6 Å². The number of rotatable bonds is 4. The van der Waals surface area contributed by atoms with Crippen molar-refractivity contribution < 1.29 is 9.90 Å². The summed E-state index contributed by atoms with van der Waals surface area (Å²) in [6.45, 7) is 2.40. The van der Waals surface area contributed by atoms with E-state index >= 15 is 0 Å². The molecule has 0 atom stereocenters. The highest BCUT2D eigenvalue weighted by atomic mass is 32.2. The van der Waals surface area contributed by atoms with Gasteiger partial charge in [-0.15, -0.1) is 0 Å². The molecule has 0 aromatic carbocycles. The normalized spacial score (nSPS) is 20.4. The second kappa shape index (κ2) is 5.61. The number of carbonyl (C=O) groups excluding carboxylic acids is 1. The van der Waals surface area contributed by atoms with Gasteiger partial charge in [-0.2, -0.15) is 11.8 Å². The lowest BCUT2D eigenvalue weighted by atomic mass is 9.97. The summed E-state index contributed by atoms with van der Waals surface area (Å²) in [4.78, 5) is 11.2. The van der Waals surface area contributed by atoms with Gasteiger partial charge in [-0.1, -0.05) is 6.92 Å². The van der Waals surface area contributed by atoms with Crippen molar-refractivity contribution in [3.8, 4) is 0 Å². The van der Waals surface area contributed by atoms with Crippen LogP contribution >= 0.6 is 11.8 Å². The van der Waals surface area contributed by atoms with Crippen LogP contribution in [0.5, 0.6) is 0 Å². The van der Waals surface area contributed by atoms with Gasteiger partial charge in [0.15, 0.2) is 0 Å². The summed E-state index contributed by atoms with van der Waals surface area (Å²) in [5, 5.41) is 12.9. The fourth-order valence-corrected chi connectivity index (χ4v) is 2.76. The van der Waals surface area contributed by atoms with Gasteiger partial charge >= 0.3 is 0 Å². The van der Waals surface area contributed by atoms with Crippen LogP contribution in [0.4, 0.5) is 0 Å². The Morgan fingerprint density at radius 3 is 2.71 bits per heavy atom. The van der Waals surface area contributed by atoms with Gasteiger partial charge in [0.2, 0.25) is 5.91 Å². The average Bonchev–Trinajstić information content (AvgIpc) is 2.17. The van der Waals surface area contributed by atoms with Crippen LogP contribution in [-0.2, 0) is 4.79 Å². The largest absolute Gasteiger partial charge is 0.388 e. The number of hydrogen-bond donors (Lipinski definition) is 2. The first kappa shape index (κ1) is 11.9. The molecule has 3 nitrogen and oxygen atoms in total. The molecule has 1 saturated heterocycles. The van der Waals surface area contributed by atoms with E-state index in [1.165, 1.54) is 0 Å². The molecule has 1 amide bonds. The highest BCUT2D eigenvalue weighted by Crippen LogP contribution is 2.26. The lowest BCUT2D eigenvalue weighted by molar-refractivity contribution is -0.122.